The van der Waals surface area contributed by atoms with Crippen molar-refractivity contribution in [3.05, 3.63) is 28.8 Å². The molecule has 1 atom stereocenters. The van der Waals surface area contributed by atoms with Crippen molar-refractivity contribution in [3.8, 4) is 6.07 Å². The van der Waals surface area contributed by atoms with Crippen LogP contribution in [0.25, 0.3) is 0 Å². The van der Waals surface area contributed by atoms with E-state index in [1.54, 1.807) is 12.1 Å². The fraction of sp³-hybridized carbons (Fsp3) is 0.533. The van der Waals surface area contributed by atoms with E-state index < -0.39 is 0 Å². The molecule has 1 aliphatic heterocycles. The maximum atomic E-state index is 8.79. The monoisotopic (exact) mass is 294 g/mol. The number of nitrogens with zero attached hydrogens (tertiary/aromatic N) is 1. The van der Waals surface area contributed by atoms with Crippen LogP contribution in [0.4, 0.5) is 5.69 Å². The molecule has 0 unspecified atom stereocenters. The lowest BCUT2D eigenvalue weighted by atomic mass is 10.1. The molecule has 1 aromatic rings. The summed E-state index contributed by atoms with van der Waals surface area (Å²) in [7, 11) is 0. The molecule has 0 saturated carbocycles. The van der Waals surface area contributed by atoms with E-state index in [2.05, 4.69) is 5.32 Å². The Hall–Kier alpha value is -1.28. The standard InChI is InChI=1S/C15H19ClN2O2/c16-15-8-14(3-2-13(15)9-17)18-5-1-6-19-10-12-4-7-20-11-12/h2-3,8,12,18H,1,4-7,10-11H2/t12-/m1/s1. The topological polar surface area (TPSA) is 54.3 Å². The second-order valence-electron chi connectivity index (χ2n) is 4.89. The van der Waals surface area contributed by atoms with Crippen molar-refractivity contribution in [2.75, 3.05) is 38.3 Å². The number of nitriles is 1. The number of rotatable bonds is 7. The zero-order valence-corrected chi connectivity index (χ0v) is 12.2. The first-order valence-electron chi connectivity index (χ1n) is 6.88. The third-order valence-corrected chi connectivity index (χ3v) is 3.57. The van der Waals surface area contributed by atoms with Crippen molar-refractivity contribution in [2.45, 2.75) is 12.8 Å². The first-order chi connectivity index (χ1) is 9.79. The Morgan fingerprint density at radius 2 is 2.40 bits per heavy atom. The highest BCUT2D eigenvalue weighted by molar-refractivity contribution is 6.32. The summed E-state index contributed by atoms with van der Waals surface area (Å²) in [5.74, 6) is 0.570. The average molecular weight is 295 g/mol. The van der Waals surface area contributed by atoms with Crippen molar-refractivity contribution >= 4 is 17.3 Å². The lowest BCUT2D eigenvalue weighted by molar-refractivity contribution is 0.0897. The maximum Gasteiger partial charge on any atom is 0.101 e. The van der Waals surface area contributed by atoms with E-state index in [4.69, 9.17) is 26.3 Å². The van der Waals surface area contributed by atoms with Crippen LogP contribution in [0.3, 0.4) is 0 Å². The lowest BCUT2D eigenvalue weighted by Crippen LogP contribution is -2.12. The summed E-state index contributed by atoms with van der Waals surface area (Å²) in [4.78, 5) is 0. The summed E-state index contributed by atoms with van der Waals surface area (Å²) in [6, 6.07) is 7.40. The molecule has 1 aliphatic rings. The SMILES string of the molecule is N#Cc1ccc(NCCCOC[C@H]2CCOC2)cc1Cl. The molecule has 1 N–H and O–H groups in total. The minimum Gasteiger partial charge on any atom is -0.385 e. The van der Waals surface area contributed by atoms with Crippen molar-refractivity contribution in [3.63, 3.8) is 0 Å². The van der Waals surface area contributed by atoms with Crippen molar-refractivity contribution in [1.82, 2.24) is 0 Å². The molecule has 1 aromatic carbocycles. The fourth-order valence-corrected chi connectivity index (χ4v) is 2.31. The van der Waals surface area contributed by atoms with Crippen LogP contribution in [-0.4, -0.2) is 33.0 Å². The van der Waals surface area contributed by atoms with E-state index in [0.717, 1.165) is 51.5 Å². The normalized spacial score (nSPS) is 17.9. The quantitative estimate of drug-likeness (QED) is 0.785. The zero-order chi connectivity index (χ0) is 14.2. The van der Waals surface area contributed by atoms with E-state index in [1.807, 2.05) is 12.1 Å². The molecule has 20 heavy (non-hydrogen) atoms. The number of benzene rings is 1. The van der Waals surface area contributed by atoms with E-state index >= 15 is 0 Å². The van der Waals surface area contributed by atoms with Crippen LogP contribution in [-0.2, 0) is 9.47 Å². The largest absolute Gasteiger partial charge is 0.385 e. The molecule has 0 bridgehead atoms. The number of nitrogens with one attached hydrogen (secondary N) is 1. The third kappa shape index (κ3) is 4.68. The molecule has 1 fully saturated rings. The van der Waals surface area contributed by atoms with Gasteiger partial charge >= 0.3 is 0 Å². The average Bonchev–Trinajstić information content (AvgIpc) is 2.96. The Morgan fingerprint density at radius 1 is 1.50 bits per heavy atom. The summed E-state index contributed by atoms with van der Waals surface area (Å²) in [5.41, 5.74) is 1.43. The number of hydrogen-bond donors (Lipinski definition) is 1. The predicted molar refractivity (Wildman–Crippen MR) is 79.0 cm³/mol. The van der Waals surface area contributed by atoms with Gasteiger partial charge in [0.1, 0.15) is 6.07 Å². The molecule has 1 saturated heterocycles. The van der Waals surface area contributed by atoms with Gasteiger partial charge in [-0.25, -0.2) is 0 Å². The highest BCUT2D eigenvalue weighted by Gasteiger charge is 2.15. The van der Waals surface area contributed by atoms with Gasteiger partial charge in [-0.15, -0.1) is 0 Å². The van der Waals surface area contributed by atoms with Crippen LogP contribution in [0.5, 0.6) is 0 Å². The van der Waals surface area contributed by atoms with Crippen LogP contribution in [0.15, 0.2) is 18.2 Å². The molecule has 0 aromatic heterocycles. The van der Waals surface area contributed by atoms with Gasteiger partial charge in [0.15, 0.2) is 0 Å². The molecule has 0 spiro atoms. The van der Waals surface area contributed by atoms with Gasteiger partial charge in [-0.1, -0.05) is 11.6 Å². The number of halogens is 1. The van der Waals surface area contributed by atoms with Crippen molar-refractivity contribution in [1.29, 1.82) is 5.26 Å². The van der Waals surface area contributed by atoms with Gasteiger partial charge in [0.05, 0.1) is 23.8 Å². The molecule has 2 rings (SSSR count). The van der Waals surface area contributed by atoms with Gasteiger partial charge in [-0.2, -0.15) is 5.26 Å². The first-order valence-corrected chi connectivity index (χ1v) is 7.26. The van der Waals surface area contributed by atoms with Crippen LogP contribution in [0.1, 0.15) is 18.4 Å². The molecule has 1 heterocycles. The first kappa shape index (κ1) is 15.1. The second kappa shape index (κ2) is 8.11. The number of hydrogen-bond acceptors (Lipinski definition) is 4. The molecule has 0 amide bonds. The number of ether oxygens (including phenoxy) is 2. The zero-order valence-electron chi connectivity index (χ0n) is 11.4. The summed E-state index contributed by atoms with van der Waals surface area (Å²) >= 11 is 5.97. The van der Waals surface area contributed by atoms with E-state index in [9.17, 15) is 0 Å². The van der Waals surface area contributed by atoms with E-state index in [1.165, 1.54) is 0 Å². The minimum atomic E-state index is 0.481. The summed E-state index contributed by atoms with van der Waals surface area (Å²) in [5, 5.41) is 12.5. The smallest absolute Gasteiger partial charge is 0.101 e. The minimum absolute atomic E-state index is 0.481. The van der Waals surface area contributed by atoms with Crippen molar-refractivity contribution in [2.24, 2.45) is 5.92 Å². The van der Waals surface area contributed by atoms with Crippen LogP contribution >= 0.6 is 11.6 Å². The maximum absolute atomic E-state index is 8.79. The third-order valence-electron chi connectivity index (χ3n) is 3.26. The molecular weight excluding hydrogens is 276 g/mol. The number of anilines is 1. The fourth-order valence-electron chi connectivity index (χ4n) is 2.09. The predicted octanol–water partition coefficient (Wildman–Crippen LogP) is 3.07. The van der Waals surface area contributed by atoms with Crippen LogP contribution < -0.4 is 5.32 Å². The van der Waals surface area contributed by atoms with Gasteiger partial charge in [0, 0.05) is 31.4 Å². The molecule has 4 nitrogen and oxygen atoms in total. The Balaban J connectivity index is 1.58. The van der Waals surface area contributed by atoms with Crippen LogP contribution in [0, 0.1) is 17.2 Å². The highest BCUT2D eigenvalue weighted by Crippen LogP contribution is 2.20. The van der Waals surface area contributed by atoms with Gasteiger partial charge in [0.25, 0.3) is 0 Å². The molecule has 108 valence electrons. The highest BCUT2D eigenvalue weighted by atomic mass is 35.5. The van der Waals surface area contributed by atoms with Crippen molar-refractivity contribution < 1.29 is 9.47 Å². The lowest BCUT2D eigenvalue weighted by Gasteiger charge is -2.10. The molecule has 0 aliphatic carbocycles. The van der Waals surface area contributed by atoms with E-state index in [-0.39, 0.29) is 0 Å². The van der Waals surface area contributed by atoms with Gasteiger partial charge < -0.3 is 14.8 Å². The Morgan fingerprint density at radius 3 is 3.10 bits per heavy atom. The summed E-state index contributed by atoms with van der Waals surface area (Å²) in [6.07, 6.45) is 2.05. The second-order valence-corrected chi connectivity index (χ2v) is 5.30. The Labute approximate surface area is 124 Å². The molecular formula is C15H19ClN2O2. The Kier molecular flexibility index (Phi) is 6.13. The summed E-state index contributed by atoms with van der Waals surface area (Å²) < 4.78 is 10.9. The Bertz CT molecular complexity index is 467. The van der Waals surface area contributed by atoms with Gasteiger partial charge in [0.2, 0.25) is 0 Å². The molecule has 5 heteroatoms. The van der Waals surface area contributed by atoms with Gasteiger partial charge in [-0.3, -0.25) is 0 Å². The summed E-state index contributed by atoms with van der Waals surface area (Å²) in [6.45, 7) is 4.07. The van der Waals surface area contributed by atoms with E-state index in [0.29, 0.717) is 16.5 Å². The van der Waals surface area contributed by atoms with Crippen LogP contribution in [0.2, 0.25) is 5.02 Å². The molecule has 0 radical (unpaired) electrons. The van der Waals surface area contributed by atoms with Gasteiger partial charge in [-0.05, 0) is 31.0 Å².